The second-order valence-corrected chi connectivity index (χ2v) is 4.85. The van der Waals surface area contributed by atoms with E-state index in [4.69, 9.17) is 5.73 Å². The molecule has 0 saturated heterocycles. The number of rotatable bonds is 5. The maximum absolute atomic E-state index is 12.3. The van der Waals surface area contributed by atoms with E-state index in [9.17, 15) is 4.79 Å². The summed E-state index contributed by atoms with van der Waals surface area (Å²) in [6.07, 6.45) is 4.33. The van der Waals surface area contributed by atoms with Crippen molar-refractivity contribution < 1.29 is 4.79 Å². The first-order chi connectivity index (χ1) is 9.52. The highest BCUT2D eigenvalue weighted by atomic mass is 16.2. The van der Waals surface area contributed by atoms with E-state index >= 15 is 0 Å². The lowest BCUT2D eigenvalue weighted by Crippen LogP contribution is -2.30. The zero-order chi connectivity index (χ0) is 14.7. The van der Waals surface area contributed by atoms with Gasteiger partial charge in [0, 0.05) is 19.8 Å². The summed E-state index contributed by atoms with van der Waals surface area (Å²) in [5, 5.41) is 10.7. The number of hydrogen-bond donors (Lipinski definition) is 2. The van der Waals surface area contributed by atoms with Crippen LogP contribution in [0.25, 0.3) is 0 Å². The van der Waals surface area contributed by atoms with Gasteiger partial charge in [-0.15, -0.1) is 10.2 Å². The van der Waals surface area contributed by atoms with Gasteiger partial charge in [0.05, 0.1) is 11.7 Å². The molecule has 1 amide bonds. The molecule has 0 aliphatic carbocycles. The lowest BCUT2D eigenvalue weighted by molar-refractivity contribution is 0.0928. The van der Waals surface area contributed by atoms with Crippen molar-refractivity contribution >= 4 is 11.6 Å². The molecule has 7 heteroatoms. The quantitative estimate of drug-likeness (QED) is 0.855. The lowest BCUT2D eigenvalue weighted by atomic mass is 10.3. The van der Waals surface area contributed by atoms with Crippen LogP contribution in [0, 0.1) is 0 Å². The summed E-state index contributed by atoms with van der Waals surface area (Å²) in [6.45, 7) is 4.69. The third kappa shape index (κ3) is 2.81. The van der Waals surface area contributed by atoms with E-state index in [0.717, 1.165) is 13.0 Å². The topological polar surface area (TPSA) is 90.8 Å². The Morgan fingerprint density at radius 3 is 2.90 bits per heavy atom. The number of aromatic nitrogens is 4. The van der Waals surface area contributed by atoms with Crippen molar-refractivity contribution in [2.75, 3.05) is 5.73 Å². The third-order valence-corrected chi connectivity index (χ3v) is 3.10. The number of nitrogens with one attached hydrogen (secondary N) is 1. The SMILES string of the molecule is CCCn1cc(N)cc1C(=O)NC(C)c1nncn1C. The number of anilines is 1. The Balaban J connectivity index is 2.14. The molecule has 3 N–H and O–H groups in total. The average Bonchev–Trinajstić information content (AvgIpc) is 2.96. The molecule has 1 atom stereocenters. The second kappa shape index (κ2) is 5.77. The van der Waals surface area contributed by atoms with Gasteiger partial charge < -0.3 is 20.2 Å². The molecule has 2 rings (SSSR count). The summed E-state index contributed by atoms with van der Waals surface area (Å²) < 4.78 is 3.65. The first-order valence-electron chi connectivity index (χ1n) is 6.63. The minimum absolute atomic E-state index is 0.161. The van der Waals surface area contributed by atoms with Crippen LogP contribution in [0.5, 0.6) is 0 Å². The van der Waals surface area contributed by atoms with Crippen molar-refractivity contribution in [1.82, 2.24) is 24.6 Å². The minimum Gasteiger partial charge on any atom is -0.397 e. The van der Waals surface area contributed by atoms with Crippen LogP contribution in [0.3, 0.4) is 0 Å². The van der Waals surface area contributed by atoms with Gasteiger partial charge in [0.1, 0.15) is 12.0 Å². The van der Waals surface area contributed by atoms with Crippen LogP contribution in [0.1, 0.15) is 42.6 Å². The Kier molecular flexibility index (Phi) is 4.07. The summed E-state index contributed by atoms with van der Waals surface area (Å²) in [5.41, 5.74) is 6.93. The van der Waals surface area contributed by atoms with Crippen molar-refractivity contribution in [3.8, 4) is 0 Å². The van der Waals surface area contributed by atoms with Crippen molar-refractivity contribution in [2.24, 2.45) is 7.05 Å². The molecule has 108 valence electrons. The Morgan fingerprint density at radius 1 is 1.55 bits per heavy atom. The Hall–Kier alpha value is -2.31. The van der Waals surface area contributed by atoms with Gasteiger partial charge in [-0.3, -0.25) is 4.79 Å². The van der Waals surface area contributed by atoms with Crippen LogP contribution >= 0.6 is 0 Å². The molecule has 2 aromatic heterocycles. The predicted octanol–water partition coefficient (Wildman–Crippen LogP) is 1.10. The van der Waals surface area contributed by atoms with E-state index in [1.165, 1.54) is 0 Å². The molecule has 0 fully saturated rings. The smallest absolute Gasteiger partial charge is 0.268 e. The van der Waals surface area contributed by atoms with E-state index in [1.807, 2.05) is 18.5 Å². The summed E-state index contributed by atoms with van der Waals surface area (Å²) in [6, 6.07) is 1.47. The van der Waals surface area contributed by atoms with E-state index in [-0.39, 0.29) is 11.9 Å². The number of amides is 1. The van der Waals surface area contributed by atoms with Gasteiger partial charge in [-0.05, 0) is 19.4 Å². The highest BCUT2D eigenvalue weighted by molar-refractivity contribution is 5.94. The summed E-state index contributed by atoms with van der Waals surface area (Å²) >= 11 is 0. The van der Waals surface area contributed by atoms with Crippen molar-refractivity contribution in [2.45, 2.75) is 32.9 Å². The molecule has 0 aliphatic heterocycles. The third-order valence-electron chi connectivity index (χ3n) is 3.10. The standard InChI is InChI=1S/C13H20N6O/c1-4-5-19-7-10(14)6-11(19)13(20)16-9(2)12-17-15-8-18(12)3/h6-9H,4-5,14H2,1-3H3,(H,16,20). The first-order valence-corrected chi connectivity index (χ1v) is 6.63. The highest BCUT2D eigenvalue weighted by Gasteiger charge is 2.18. The van der Waals surface area contributed by atoms with Crippen molar-refractivity contribution in [1.29, 1.82) is 0 Å². The monoisotopic (exact) mass is 276 g/mol. The predicted molar refractivity (Wildman–Crippen MR) is 76.0 cm³/mol. The summed E-state index contributed by atoms with van der Waals surface area (Å²) in [5.74, 6) is 0.547. The number of nitrogens with two attached hydrogens (primary N) is 1. The highest BCUT2D eigenvalue weighted by Crippen LogP contribution is 2.14. The van der Waals surface area contributed by atoms with Crippen LogP contribution in [0.2, 0.25) is 0 Å². The summed E-state index contributed by atoms with van der Waals surface area (Å²) in [7, 11) is 1.84. The van der Waals surface area contributed by atoms with Crippen LogP contribution in [-0.2, 0) is 13.6 Å². The number of nitrogens with zero attached hydrogens (tertiary/aromatic N) is 4. The van der Waals surface area contributed by atoms with Gasteiger partial charge in [0.25, 0.3) is 5.91 Å². The van der Waals surface area contributed by atoms with Gasteiger partial charge in [0.2, 0.25) is 0 Å². The number of aryl methyl sites for hydroxylation is 2. The van der Waals surface area contributed by atoms with Gasteiger partial charge in [-0.1, -0.05) is 6.92 Å². The van der Waals surface area contributed by atoms with Crippen molar-refractivity contribution in [3.05, 3.63) is 30.1 Å². The maximum atomic E-state index is 12.3. The van der Waals surface area contributed by atoms with E-state index in [1.54, 1.807) is 23.2 Å². The fourth-order valence-corrected chi connectivity index (χ4v) is 2.17. The first kappa shape index (κ1) is 14.1. The average molecular weight is 276 g/mol. The van der Waals surface area contributed by atoms with Crippen LogP contribution in [0.4, 0.5) is 5.69 Å². The molecule has 0 radical (unpaired) electrons. The van der Waals surface area contributed by atoms with E-state index in [2.05, 4.69) is 22.4 Å². The molecular weight excluding hydrogens is 256 g/mol. The maximum Gasteiger partial charge on any atom is 0.268 e. The molecule has 20 heavy (non-hydrogen) atoms. The lowest BCUT2D eigenvalue weighted by Gasteiger charge is -2.14. The van der Waals surface area contributed by atoms with Gasteiger partial charge in [-0.25, -0.2) is 0 Å². The molecule has 1 unspecified atom stereocenters. The van der Waals surface area contributed by atoms with E-state index < -0.39 is 0 Å². The second-order valence-electron chi connectivity index (χ2n) is 4.85. The normalized spacial score (nSPS) is 12.3. The van der Waals surface area contributed by atoms with Crippen LogP contribution in [0.15, 0.2) is 18.6 Å². The fraction of sp³-hybridized carbons (Fsp3) is 0.462. The zero-order valence-electron chi connectivity index (χ0n) is 12.0. The number of carbonyl (C=O) groups excluding carboxylic acids is 1. The largest absolute Gasteiger partial charge is 0.397 e. The summed E-state index contributed by atoms with van der Waals surface area (Å²) in [4.78, 5) is 12.3. The fourth-order valence-electron chi connectivity index (χ4n) is 2.17. The number of nitrogen functional groups attached to an aromatic ring is 1. The minimum atomic E-state index is -0.221. The van der Waals surface area contributed by atoms with Gasteiger partial charge >= 0.3 is 0 Å². The van der Waals surface area contributed by atoms with Crippen LogP contribution < -0.4 is 11.1 Å². The number of carbonyl (C=O) groups is 1. The van der Waals surface area contributed by atoms with E-state index in [0.29, 0.717) is 17.2 Å². The molecular formula is C13H20N6O. The van der Waals surface area contributed by atoms with Gasteiger partial charge in [-0.2, -0.15) is 0 Å². The zero-order valence-corrected chi connectivity index (χ0v) is 12.0. The molecule has 0 aromatic carbocycles. The molecule has 0 saturated carbocycles. The van der Waals surface area contributed by atoms with Crippen molar-refractivity contribution in [3.63, 3.8) is 0 Å². The molecule has 7 nitrogen and oxygen atoms in total. The molecule has 2 aromatic rings. The number of hydrogen-bond acceptors (Lipinski definition) is 4. The molecule has 0 aliphatic rings. The van der Waals surface area contributed by atoms with Gasteiger partial charge in [0.15, 0.2) is 5.82 Å². The molecule has 0 spiro atoms. The molecule has 2 heterocycles. The Labute approximate surface area is 117 Å². The Bertz CT molecular complexity index is 600. The Morgan fingerprint density at radius 2 is 2.30 bits per heavy atom. The van der Waals surface area contributed by atoms with Crippen LogP contribution in [-0.4, -0.2) is 25.2 Å². The molecule has 0 bridgehead atoms.